The number of nitrogens with one attached hydrogen (secondary N) is 1. The van der Waals surface area contributed by atoms with Crippen LogP contribution in [0.1, 0.15) is 5.56 Å². The summed E-state index contributed by atoms with van der Waals surface area (Å²) >= 11 is 0. The number of alkyl halides is 3. The Labute approximate surface area is 130 Å². The van der Waals surface area contributed by atoms with Gasteiger partial charge in [-0.15, -0.1) is 0 Å². The number of hydrogen-bond donors (Lipinski definition) is 1. The molecule has 10 heteroatoms. The molecule has 0 heterocycles. The fourth-order valence-corrected chi connectivity index (χ4v) is 1.67. The second kappa shape index (κ2) is 7.27. The van der Waals surface area contributed by atoms with Crippen LogP contribution in [0.4, 0.5) is 29.3 Å². The molecular weight excluding hydrogens is 317 g/mol. The molecule has 2 amide bonds. The van der Waals surface area contributed by atoms with Crippen LogP contribution in [0, 0.1) is 10.1 Å². The number of likely N-dealkylation sites (N-methyl/N-ethyl adjacent to an activating group) is 2. The summed E-state index contributed by atoms with van der Waals surface area (Å²) in [5.74, 6) is 0. The highest BCUT2D eigenvalue weighted by molar-refractivity contribution is 5.89. The molecule has 23 heavy (non-hydrogen) atoms. The van der Waals surface area contributed by atoms with E-state index in [0.717, 1.165) is 12.1 Å². The van der Waals surface area contributed by atoms with E-state index in [-0.39, 0.29) is 5.69 Å². The first-order valence-electron chi connectivity index (χ1n) is 6.55. The van der Waals surface area contributed by atoms with Crippen LogP contribution in [0.5, 0.6) is 0 Å². The number of urea groups is 1. The van der Waals surface area contributed by atoms with Gasteiger partial charge >= 0.3 is 12.2 Å². The number of nitrogens with zero attached hydrogens (tertiary/aromatic N) is 3. The molecule has 1 aromatic carbocycles. The maximum absolute atomic E-state index is 12.9. The van der Waals surface area contributed by atoms with E-state index < -0.39 is 28.4 Å². The summed E-state index contributed by atoms with van der Waals surface area (Å²) < 4.78 is 38.6. The molecule has 0 aromatic heterocycles. The molecule has 1 N–H and O–H groups in total. The van der Waals surface area contributed by atoms with E-state index in [1.165, 1.54) is 11.9 Å². The zero-order chi connectivity index (χ0) is 17.8. The van der Waals surface area contributed by atoms with Gasteiger partial charge in [-0.3, -0.25) is 10.1 Å². The maximum atomic E-state index is 12.9. The topological polar surface area (TPSA) is 78.7 Å². The number of nitro groups is 1. The number of carbonyl (C=O) groups is 1. The van der Waals surface area contributed by atoms with Gasteiger partial charge in [0.05, 0.1) is 4.92 Å². The van der Waals surface area contributed by atoms with Crippen LogP contribution < -0.4 is 5.32 Å². The van der Waals surface area contributed by atoms with E-state index >= 15 is 0 Å². The van der Waals surface area contributed by atoms with Gasteiger partial charge in [0.15, 0.2) is 0 Å². The Morgan fingerprint density at radius 3 is 2.35 bits per heavy atom. The lowest BCUT2D eigenvalue weighted by Crippen LogP contribution is -2.36. The number of anilines is 1. The molecule has 1 rings (SSSR count). The van der Waals surface area contributed by atoms with Crippen molar-refractivity contribution in [3.63, 3.8) is 0 Å². The summed E-state index contributed by atoms with van der Waals surface area (Å²) in [4.78, 5) is 24.6. The summed E-state index contributed by atoms with van der Waals surface area (Å²) in [5.41, 5.74) is -2.63. The molecule has 7 nitrogen and oxygen atoms in total. The van der Waals surface area contributed by atoms with Crippen LogP contribution in [0.2, 0.25) is 0 Å². The van der Waals surface area contributed by atoms with Gasteiger partial charge < -0.3 is 15.1 Å². The van der Waals surface area contributed by atoms with E-state index in [1.54, 1.807) is 0 Å². The van der Waals surface area contributed by atoms with Crippen molar-refractivity contribution >= 4 is 17.4 Å². The van der Waals surface area contributed by atoms with Crippen molar-refractivity contribution in [3.05, 3.63) is 33.9 Å². The van der Waals surface area contributed by atoms with Gasteiger partial charge in [-0.25, -0.2) is 4.79 Å². The molecule has 0 aliphatic heterocycles. The SMILES string of the molecule is CN(C)CCN(C)C(=O)Nc1ccc([N+](=O)[O-])c(C(F)(F)F)c1. The van der Waals surface area contributed by atoms with E-state index in [9.17, 15) is 28.1 Å². The lowest BCUT2D eigenvalue weighted by Gasteiger charge is -2.20. The van der Waals surface area contributed by atoms with Crippen LogP contribution in [0.3, 0.4) is 0 Å². The Hall–Kier alpha value is -2.36. The number of nitro benzene ring substituents is 1. The predicted molar refractivity (Wildman–Crippen MR) is 78.3 cm³/mol. The van der Waals surface area contributed by atoms with E-state index in [1.807, 2.05) is 19.0 Å². The Bertz CT molecular complexity index is 590. The second-order valence-corrected chi connectivity index (χ2v) is 5.14. The van der Waals surface area contributed by atoms with Crippen molar-refractivity contribution in [2.24, 2.45) is 0 Å². The van der Waals surface area contributed by atoms with Gasteiger partial charge in [-0.05, 0) is 26.2 Å². The fourth-order valence-electron chi connectivity index (χ4n) is 1.67. The maximum Gasteiger partial charge on any atom is 0.423 e. The lowest BCUT2D eigenvalue weighted by atomic mass is 10.1. The number of hydrogen-bond acceptors (Lipinski definition) is 4. The van der Waals surface area contributed by atoms with Crippen molar-refractivity contribution in [1.29, 1.82) is 0 Å². The van der Waals surface area contributed by atoms with Crippen LogP contribution in [0.25, 0.3) is 0 Å². The number of rotatable bonds is 5. The molecular formula is C13H17F3N4O3. The van der Waals surface area contributed by atoms with Gasteiger partial charge in [-0.1, -0.05) is 0 Å². The Morgan fingerprint density at radius 1 is 1.26 bits per heavy atom. The van der Waals surface area contributed by atoms with Crippen LogP contribution in [-0.2, 0) is 6.18 Å². The molecule has 0 radical (unpaired) electrons. The molecule has 0 saturated carbocycles. The summed E-state index contributed by atoms with van der Waals surface area (Å²) in [6.07, 6.45) is -4.89. The smallest absolute Gasteiger partial charge is 0.326 e. The molecule has 1 aromatic rings. The second-order valence-electron chi connectivity index (χ2n) is 5.14. The van der Waals surface area contributed by atoms with E-state index in [0.29, 0.717) is 19.2 Å². The summed E-state index contributed by atoms with van der Waals surface area (Å²) in [6, 6.07) is 1.73. The third-order valence-electron chi connectivity index (χ3n) is 2.98. The zero-order valence-electron chi connectivity index (χ0n) is 12.8. The molecule has 0 fully saturated rings. The van der Waals surface area contributed by atoms with Crippen molar-refractivity contribution < 1.29 is 22.9 Å². The van der Waals surface area contributed by atoms with Gasteiger partial charge in [-0.2, -0.15) is 13.2 Å². The Kier molecular flexibility index (Phi) is 5.91. The normalized spacial score (nSPS) is 11.4. The predicted octanol–water partition coefficient (Wildman–Crippen LogP) is 2.64. The minimum atomic E-state index is -4.89. The van der Waals surface area contributed by atoms with Gasteiger partial charge in [0, 0.05) is 31.9 Å². The largest absolute Gasteiger partial charge is 0.423 e. The number of amides is 2. The number of carbonyl (C=O) groups excluding carboxylic acids is 1. The van der Waals surface area contributed by atoms with Crippen molar-refractivity contribution in [1.82, 2.24) is 9.80 Å². The minimum Gasteiger partial charge on any atom is -0.326 e. The Balaban J connectivity index is 2.93. The van der Waals surface area contributed by atoms with Crippen LogP contribution in [0.15, 0.2) is 18.2 Å². The summed E-state index contributed by atoms with van der Waals surface area (Å²) in [7, 11) is 5.13. The monoisotopic (exact) mass is 334 g/mol. The third kappa shape index (κ3) is 5.40. The highest BCUT2D eigenvalue weighted by Crippen LogP contribution is 2.37. The van der Waals surface area contributed by atoms with Gasteiger partial charge in [0.25, 0.3) is 5.69 Å². The quantitative estimate of drug-likeness (QED) is 0.663. The first-order chi connectivity index (χ1) is 10.5. The molecule has 0 saturated heterocycles. The molecule has 128 valence electrons. The fraction of sp³-hybridized carbons (Fsp3) is 0.462. The summed E-state index contributed by atoms with van der Waals surface area (Å²) in [5, 5.41) is 13.0. The van der Waals surface area contributed by atoms with E-state index in [4.69, 9.17) is 0 Å². The minimum absolute atomic E-state index is 0.162. The highest BCUT2D eigenvalue weighted by atomic mass is 19.4. The number of benzene rings is 1. The van der Waals surface area contributed by atoms with Crippen molar-refractivity contribution in [2.45, 2.75) is 6.18 Å². The first-order valence-corrected chi connectivity index (χ1v) is 6.55. The standard InChI is InChI=1S/C13H17F3N4O3/c1-18(2)6-7-19(3)12(21)17-9-4-5-11(20(22)23)10(8-9)13(14,15)16/h4-5,8H,6-7H2,1-3H3,(H,17,21). The molecule has 0 spiro atoms. The van der Waals surface area contributed by atoms with Crippen molar-refractivity contribution in [3.8, 4) is 0 Å². The van der Waals surface area contributed by atoms with Gasteiger partial charge in [0.1, 0.15) is 5.56 Å². The number of halogens is 3. The van der Waals surface area contributed by atoms with Gasteiger partial charge in [0.2, 0.25) is 0 Å². The van der Waals surface area contributed by atoms with Crippen LogP contribution >= 0.6 is 0 Å². The molecule has 0 aliphatic rings. The average molecular weight is 334 g/mol. The third-order valence-corrected chi connectivity index (χ3v) is 2.98. The van der Waals surface area contributed by atoms with Crippen molar-refractivity contribution in [2.75, 3.05) is 39.5 Å². The molecule has 0 atom stereocenters. The van der Waals surface area contributed by atoms with Crippen LogP contribution in [-0.4, -0.2) is 55.0 Å². The Morgan fingerprint density at radius 2 is 1.87 bits per heavy atom. The lowest BCUT2D eigenvalue weighted by molar-refractivity contribution is -0.388. The average Bonchev–Trinajstić information content (AvgIpc) is 2.43. The zero-order valence-corrected chi connectivity index (χ0v) is 12.8. The molecule has 0 unspecified atom stereocenters. The van der Waals surface area contributed by atoms with E-state index in [2.05, 4.69) is 5.32 Å². The first kappa shape index (κ1) is 18.7. The highest BCUT2D eigenvalue weighted by Gasteiger charge is 2.38. The summed E-state index contributed by atoms with van der Waals surface area (Å²) in [6.45, 7) is 0.954. The molecule has 0 bridgehead atoms. The molecule has 0 aliphatic carbocycles.